The van der Waals surface area contributed by atoms with Crippen molar-refractivity contribution >= 4 is 5.91 Å². The Balaban J connectivity index is 1.52. The summed E-state index contributed by atoms with van der Waals surface area (Å²) in [5, 5.41) is 0. The molecule has 1 heterocycles. The molecule has 1 aliphatic heterocycles. The first-order chi connectivity index (χ1) is 10.7. The van der Waals surface area contributed by atoms with Gasteiger partial charge in [0.15, 0.2) is 0 Å². The highest BCUT2D eigenvalue weighted by molar-refractivity contribution is 5.74. The van der Waals surface area contributed by atoms with Gasteiger partial charge in [-0.1, -0.05) is 12.2 Å². The molecule has 0 aromatic rings. The highest BCUT2D eigenvalue weighted by Crippen LogP contribution is 2.30. The van der Waals surface area contributed by atoms with E-state index in [9.17, 15) is 4.79 Å². The summed E-state index contributed by atoms with van der Waals surface area (Å²) in [7, 11) is 0. The van der Waals surface area contributed by atoms with Crippen LogP contribution >= 0.6 is 0 Å². The molecule has 3 nitrogen and oxygen atoms in total. The summed E-state index contributed by atoms with van der Waals surface area (Å²) in [5.74, 6) is 1.16. The Hall–Kier alpha value is -0.830. The van der Waals surface area contributed by atoms with E-state index in [0.717, 1.165) is 5.92 Å². The molecule has 1 saturated heterocycles. The van der Waals surface area contributed by atoms with E-state index in [4.69, 9.17) is 0 Å². The minimum atomic E-state index is 0.306. The number of likely N-dealkylation sites (tertiary alicyclic amines) is 1. The zero-order valence-electron chi connectivity index (χ0n) is 14.2. The number of hydrogen-bond donors (Lipinski definition) is 0. The van der Waals surface area contributed by atoms with E-state index in [1.54, 1.807) is 6.92 Å². The summed E-state index contributed by atoms with van der Waals surface area (Å²) in [6, 6.07) is 1.05. The smallest absolute Gasteiger partial charge is 0.219 e. The quantitative estimate of drug-likeness (QED) is 0.741. The van der Waals surface area contributed by atoms with Gasteiger partial charge in [-0.2, -0.15) is 0 Å². The van der Waals surface area contributed by atoms with Crippen LogP contribution in [-0.4, -0.2) is 47.4 Å². The molecule has 2 aliphatic carbocycles. The average Bonchev–Trinajstić information content (AvgIpc) is 2.69. The van der Waals surface area contributed by atoms with Crippen molar-refractivity contribution < 1.29 is 4.79 Å². The van der Waals surface area contributed by atoms with Crippen LogP contribution in [-0.2, 0) is 4.79 Å². The van der Waals surface area contributed by atoms with Gasteiger partial charge in [0.2, 0.25) is 5.91 Å². The SMILES string of the molecule is CC(=O)N(C1CCC1)[C@@H]1CCCN(C[C@H]2CC=CCC2)CC1. The van der Waals surface area contributed by atoms with Crippen molar-refractivity contribution in [2.24, 2.45) is 5.92 Å². The molecule has 0 unspecified atom stereocenters. The number of rotatable bonds is 4. The van der Waals surface area contributed by atoms with E-state index in [2.05, 4.69) is 22.0 Å². The van der Waals surface area contributed by atoms with Crippen molar-refractivity contribution in [1.29, 1.82) is 0 Å². The molecule has 3 aliphatic rings. The van der Waals surface area contributed by atoms with Gasteiger partial charge in [0.05, 0.1) is 0 Å². The van der Waals surface area contributed by atoms with E-state index in [0.29, 0.717) is 18.0 Å². The molecule has 124 valence electrons. The first-order valence-corrected chi connectivity index (χ1v) is 9.40. The fraction of sp³-hybridized carbons (Fsp3) is 0.842. The van der Waals surface area contributed by atoms with Crippen molar-refractivity contribution in [2.75, 3.05) is 19.6 Å². The third-order valence-corrected chi connectivity index (χ3v) is 5.91. The Kier molecular flexibility index (Phi) is 5.56. The molecule has 0 aromatic carbocycles. The number of carbonyl (C=O) groups is 1. The average molecular weight is 304 g/mol. The van der Waals surface area contributed by atoms with Crippen LogP contribution < -0.4 is 0 Å². The lowest BCUT2D eigenvalue weighted by Gasteiger charge is -2.42. The van der Waals surface area contributed by atoms with Crippen molar-refractivity contribution in [1.82, 2.24) is 9.80 Å². The van der Waals surface area contributed by atoms with E-state index >= 15 is 0 Å². The maximum absolute atomic E-state index is 12.1. The van der Waals surface area contributed by atoms with E-state index in [1.165, 1.54) is 77.4 Å². The van der Waals surface area contributed by atoms with Crippen LogP contribution in [0.5, 0.6) is 0 Å². The van der Waals surface area contributed by atoms with Crippen LogP contribution in [0.3, 0.4) is 0 Å². The minimum Gasteiger partial charge on any atom is -0.337 e. The third-order valence-electron chi connectivity index (χ3n) is 5.91. The van der Waals surface area contributed by atoms with Gasteiger partial charge < -0.3 is 9.80 Å². The van der Waals surface area contributed by atoms with Gasteiger partial charge >= 0.3 is 0 Å². The largest absolute Gasteiger partial charge is 0.337 e. The zero-order valence-corrected chi connectivity index (χ0v) is 14.2. The summed E-state index contributed by atoms with van der Waals surface area (Å²) in [4.78, 5) is 17.0. The van der Waals surface area contributed by atoms with E-state index in [-0.39, 0.29) is 0 Å². The normalized spacial score (nSPS) is 30.6. The summed E-state index contributed by atoms with van der Waals surface area (Å²) >= 11 is 0. The van der Waals surface area contributed by atoms with Crippen LogP contribution in [0.2, 0.25) is 0 Å². The standard InChI is InChI=1S/C19H32N2O/c1-16(22)21(18-9-5-10-18)19-11-6-13-20(14-12-19)15-17-7-3-2-4-8-17/h2-3,17-19H,4-15H2,1H3/t17-,19+/m0/s1. The van der Waals surface area contributed by atoms with Gasteiger partial charge in [0, 0.05) is 32.1 Å². The first-order valence-electron chi connectivity index (χ1n) is 9.40. The molecule has 0 N–H and O–H groups in total. The van der Waals surface area contributed by atoms with Gasteiger partial charge in [-0.15, -0.1) is 0 Å². The first kappa shape index (κ1) is 16.0. The number of carbonyl (C=O) groups excluding carboxylic acids is 1. The zero-order chi connectivity index (χ0) is 15.4. The Labute approximate surface area is 135 Å². The number of amides is 1. The van der Waals surface area contributed by atoms with Crippen molar-refractivity contribution in [3.63, 3.8) is 0 Å². The lowest BCUT2D eigenvalue weighted by molar-refractivity contribution is -0.136. The van der Waals surface area contributed by atoms with Crippen molar-refractivity contribution in [3.05, 3.63) is 12.2 Å². The molecular formula is C19H32N2O. The maximum Gasteiger partial charge on any atom is 0.219 e. The van der Waals surface area contributed by atoms with Crippen LogP contribution in [0.4, 0.5) is 0 Å². The minimum absolute atomic E-state index is 0.306. The Morgan fingerprint density at radius 3 is 2.45 bits per heavy atom. The second-order valence-corrected chi connectivity index (χ2v) is 7.55. The topological polar surface area (TPSA) is 23.6 Å². The lowest BCUT2D eigenvalue weighted by Crippen LogP contribution is -2.49. The Bertz CT molecular complexity index is 402. The second-order valence-electron chi connectivity index (χ2n) is 7.55. The van der Waals surface area contributed by atoms with Crippen LogP contribution in [0.1, 0.15) is 64.7 Å². The molecule has 1 amide bonds. The molecule has 0 aromatic heterocycles. The number of allylic oxidation sites excluding steroid dienone is 2. The molecule has 2 fully saturated rings. The summed E-state index contributed by atoms with van der Waals surface area (Å²) < 4.78 is 0. The molecule has 0 spiro atoms. The number of hydrogen-bond acceptors (Lipinski definition) is 2. The Morgan fingerprint density at radius 1 is 1.05 bits per heavy atom. The van der Waals surface area contributed by atoms with Crippen LogP contribution in [0.25, 0.3) is 0 Å². The van der Waals surface area contributed by atoms with Gasteiger partial charge in [-0.25, -0.2) is 0 Å². The molecule has 3 rings (SSSR count). The van der Waals surface area contributed by atoms with E-state index < -0.39 is 0 Å². The lowest BCUT2D eigenvalue weighted by atomic mass is 9.89. The van der Waals surface area contributed by atoms with Gasteiger partial charge in [0.1, 0.15) is 0 Å². The fourth-order valence-corrected chi connectivity index (χ4v) is 4.46. The monoisotopic (exact) mass is 304 g/mol. The number of nitrogens with zero attached hydrogens (tertiary/aromatic N) is 2. The van der Waals surface area contributed by atoms with Gasteiger partial charge in [0.25, 0.3) is 0 Å². The van der Waals surface area contributed by atoms with Crippen molar-refractivity contribution in [2.45, 2.75) is 76.8 Å². The summed E-state index contributed by atoms with van der Waals surface area (Å²) in [6.45, 7) is 5.45. The highest BCUT2D eigenvalue weighted by Gasteiger charge is 2.33. The summed E-state index contributed by atoms with van der Waals surface area (Å²) in [5.41, 5.74) is 0. The van der Waals surface area contributed by atoms with Crippen LogP contribution in [0.15, 0.2) is 12.2 Å². The fourth-order valence-electron chi connectivity index (χ4n) is 4.46. The summed E-state index contributed by atoms with van der Waals surface area (Å²) in [6.07, 6.45) is 16.0. The van der Waals surface area contributed by atoms with Crippen molar-refractivity contribution in [3.8, 4) is 0 Å². The predicted molar refractivity (Wildman–Crippen MR) is 90.7 cm³/mol. The van der Waals surface area contributed by atoms with E-state index in [1.807, 2.05) is 0 Å². The molecule has 2 atom stereocenters. The molecule has 1 saturated carbocycles. The molecule has 22 heavy (non-hydrogen) atoms. The highest BCUT2D eigenvalue weighted by atomic mass is 16.2. The maximum atomic E-state index is 12.1. The second kappa shape index (κ2) is 7.63. The Morgan fingerprint density at radius 2 is 1.82 bits per heavy atom. The van der Waals surface area contributed by atoms with Gasteiger partial charge in [-0.05, 0) is 70.3 Å². The molecule has 3 heteroatoms. The third kappa shape index (κ3) is 3.92. The van der Waals surface area contributed by atoms with Crippen LogP contribution in [0, 0.1) is 5.92 Å². The van der Waals surface area contributed by atoms with Gasteiger partial charge in [-0.3, -0.25) is 4.79 Å². The molecule has 0 radical (unpaired) electrons. The predicted octanol–water partition coefficient (Wildman–Crippen LogP) is 3.60. The molecular weight excluding hydrogens is 272 g/mol. The molecule has 0 bridgehead atoms.